The molecule has 1 saturated carbocycles. The van der Waals surface area contributed by atoms with Crippen molar-refractivity contribution in [3.8, 4) is 0 Å². The normalized spacial score (nSPS) is 27.1. The highest BCUT2D eigenvalue weighted by Crippen LogP contribution is 2.31. The van der Waals surface area contributed by atoms with Crippen LogP contribution in [-0.4, -0.2) is 113 Å². The van der Waals surface area contributed by atoms with E-state index in [1.807, 2.05) is 0 Å². The van der Waals surface area contributed by atoms with Crippen LogP contribution in [0.4, 0.5) is 0 Å². The number of amides is 2. The lowest BCUT2D eigenvalue weighted by atomic mass is 9.96. The van der Waals surface area contributed by atoms with Gasteiger partial charge in [0, 0.05) is 26.6 Å². The number of ether oxygens (including phenoxy) is 2. The average Bonchev–Trinajstić information content (AvgIpc) is 2.87. The van der Waals surface area contributed by atoms with E-state index in [4.69, 9.17) is 14.0 Å². The zero-order chi connectivity index (χ0) is 33.1. The highest BCUT2D eigenvalue weighted by molar-refractivity contribution is 7.81. The van der Waals surface area contributed by atoms with Crippen molar-refractivity contribution < 1.29 is 70.5 Å². The number of hydrogen-bond donors (Lipinski definition) is 4. The Morgan fingerprint density at radius 1 is 0.750 bits per heavy atom. The van der Waals surface area contributed by atoms with Gasteiger partial charge in [-0.2, -0.15) is 25.3 Å². The third-order valence-electron chi connectivity index (χ3n) is 7.26. The number of carbonyl (C=O) groups is 2. The van der Waals surface area contributed by atoms with Crippen LogP contribution in [0, 0.1) is 0 Å². The van der Waals surface area contributed by atoms with E-state index in [-0.39, 0.29) is 18.5 Å². The van der Waals surface area contributed by atoms with Crippen molar-refractivity contribution in [2.24, 2.45) is 0 Å². The lowest BCUT2D eigenvalue weighted by molar-refractivity contribution is -0.273. The second kappa shape index (κ2) is 17.4. The Balaban J connectivity index is 2.26. The Morgan fingerprint density at radius 2 is 1.18 bits per heavy atom. The monoisotopic (exact) mass is 698 g/mol. The van der Waals surface area contributed by atoms with E-state index >= 15 is 0 Å². The second-order valence-electron chi connectivity index (χ2n) is 10.6. The van der Waals surface area contributed by atoms with Crippen molar-refractivity contribution >= 4 is 43.0 Å². The zero-order valence-electron chi connectivity index (χ0n) is 24.5. The highest BCUT2D eigenvalue weighted by atomic mass is 32.3. The Bertz CT molecular complexity index is 1250. The van der Waals surface area contributed by atoms with Crippen LogP contribution in [0.1, 0.15) is 77.6 Å². The van der Waals surface area contributed by atoms with Gasteiger partial charge < -0.3 is 19.7 Å². The molecule has 21 heteroatoms. The molecule has 4 N–H and O–H groups in total. The maximum absolute atomic E-state index is 13.0. The van der Waals surface area contributed by atoms with Crippen molar-refractivity contribution in [1.82, 2.24) is 10.2 Å². The molecular weight excluding hydrogens is 656 g/mol. The van der Waals surface area contributed by atoms with Crippen molar-refractivity contribution in [3.63, 3.8) is 0 Å². The molecule has 0 aromatic heterocycles. The standard InChI is InChI=1S/C23H42N2O16S3/c1-16(26)25(17-12-10-8-6-4-3-5-7-9-11-13-17)15-19(27)24-14-18-20(39-42(28,29)30)21(40-43(31,32)33)22(23(37-2)38-18)41-44(34,35)36/h17-18,20-23H,3-15H2,1-2H3,(H,24,27)(H,28,29,30)(H,31,32,33)(H,34,35,36)/t18-,20-,21+,22+,23+/m1/s1. The summed E-state index contributed by atoms with van der Waals surface area (Å²) in [6.07, 6.45) is 0.0719. The highest BCUT2D eigenvalue weighted by Gasteiger charge is 2.53. The van der Waals surface area contributed by atoms with Gasteiger partial charge in [0.1, 0.15) is 18.3 Å². The Morgan fingerprint density at radius 3 is 1.61 bits per heavy atom. The minimum Gasteiger partial charge on any atom is -0.353 e. The van der Waals surface area contributed by atoms with Gasteiger partial charge in [0.05, 0.1) is 6.54 Å². The lowest BCUT2D eigenvalue weighted by Crippen LogP contribution is -2.64. The molecular formula is C23H42N2O16S3. The van der Waals surface area contributed by atoms with Crippen molar-refractivity contribution in [2.45, 2.75) is 114 Å². The fraction of sp³-hybridized carbons (Fsp3) is 0.913. The van der Waals surface area contributed by atoms with E-state index in [9.17, 15) is 43.9 Å². The smallest absolute Gasteiger partial charge is 0.353 e. The molecule has 44 heavy (non-hydrogen) atoms. The lowest BCUT2D eigenvalue weighted by Gasteiger charge is -2.43. The summed E-state index contributed by atoms with van der Waals surface area (Å²) in [6, 6.07) is -0.206. The van der Waals surface area contributed by atoms with E-state index in [0.29, 0.717) is 12.8 Å². The minimum atomic E-state index is -5.50. The molecule has 0 bridgehead atoms. The zero-order valence-corrected chi connectivity index (χ0v) is 26.9. The molecule has 0 aromatic rings. The van der Waals surface area contributed by atoms with Crippen LogP contribution in [0.25, 0.3) is 0 Å². The predicted octanol–water partition coefficient (Wildman–Crippen LogP) is 0.560. The summed E-state index contributed by atoms with van der Waals surface area (Å²) in [5, 5.41) is 2.41. The van der Waals surface area contributed by atoms with Crippen LogP contribution in [-0.2, 0) is 62.8 Å². The molecule has 1 heterocycles. The summed E-state index contributed by atoms with van der Waals surface area (Å²) < 4.78 is 120. The average molecular weight is 699 g/mol. The number of methoxy groups -OCH3 is 1. The fourth-order valence-corrected chi connectivity index (χ4v) is 6.85. The fourth-order valence-electron chi connectivity index (χ4n) is 5.36. The first kappa shape index (κ1) is 38.7. The van der Waals surface area contributed by atoms with Gasteiger partial charge in [0.2, 0.25) is 11.8 Å². The van der Waals surface area contributed by atoms with Gasteiger partial charge in [0.15, 0.2) is 12.4 Å². The number of carbonyl (C=O) groups excluding carboxylic acids is 2. The largest absolute Gasteiger partial charge is 0.397 e. The quantitative estimate of drug-likeness (QED) is 0.203. The van der Waals surface area contributed by atoms with E-state index in [1.54, 1.807) is 0 Å². The van der Waals surface area contributed by atoms with Gasteiger partial charge in [0.25, 0.3) is 0 Å². The van der Waals surface area contributed by atoms with E-state index in [0.717, 1.165) is 58.5 Å². The van der Waals surface area contributed by atoms with Gasteiger partial charge in [-0.05, 0) is 12.8 Å². The van der Waals surface area contributed by atoms with Crippen molar-refractivity contribution in [1.29, 1.82) is 0 Å². The minimum absolute atomic E-state index is 0.206. The summed E-state index contributed by atoms with van der Waals surface area (Å²) >= 11 is 0. The molecule has 1 aliphatic carbocycles. The van der Waals surface area contributed by atoms with Crippen LogP contribution < -0.4 is 5.32 Å². The van der Waals surface area contributed by atoms with Crippen molar-refractivity contribution in [3.05, 3.63) is 0 Å². The topological polar surface area (TPSA) is 259 Å². The van der Waals surface area contributed by atoms with Crippen LogP contribution in [0.3, 0.4) is 0 Å². The van der Waals surface area contributed by atoms with E-state index in [2.05, 4.69) is 17.9 Å². The summed E-state index contributed by atoms with van der Waals surface area (Å²) in [4.78, 5) is 27.0. The Hall–Kier alpha value is -1.53. The molecule has 2 fully saturated rings. The molecule has 5 atom stereocenters. The molecule has 0 spiro atoms. The van der Waals surface area contributed by atoms with Crippen molar-refractivity contribution in [2.75, 3.05) is 20.2 Å². The Kier molecular flexibility index (Phi) is 15.3. The van der Waals surface area contributed by atoms with Gasteiger partial charge >= 0.3 is 31.2 Å². The van der Waals surface area contributed by atoms with Gasteiger partial charge in [-0.1, -0.05) is 57.8 Å². The number of rotatable bonds is 12. The van der Waals surface area contributed by atoms with Gasteiger partial charge in [-0.15, -0.1) is 0 Å². The summed E-state index contributed by atoms with van der Waals surface area (Å²) in [6.45, 7) is 0.266. The molecule has 2 rings (SSSR count). The second-order valence-corrected chi connectivity index (χ2v) is 13.8. The molecule has 0 unspecified atom stereocenters. The third kappa shape index (κ3) is 14.3. The molecule has 18 nitrogen and oxygen atoms in total. The number of hydrogen-bond acceptors (Lipinski definition) is 13. The molecule has 1 aliphatic heterocycles. The molecule has 0 aromatic carbocycles. The molecule has 2 amide bonds. The van der Waals surface area contributed by atoms with Crippen LogP contribution in [0.15, 0.2) is 0 Å². The maximum Gasteiger partial charge on any atom is 0.397 e. The first-order valence-corrected chi connectivity index (χ1v) is 18.2. The number of nitrogens with zero attached hydrogens (tertiary/aromatic N) is 1. The number of nitrogens with one attached hydrogen (secondary N) is 1. The van der Waals surface area contributed by atoms with Gasteiger partial charge in [-0.3, -0.25) is 23.2 Å². The first-order valence-electron chi connectivity index (χ1n) is 14.1. The van der Waals surface area contributed by atoms with E-state index < -0.39 is 74.4 Å². The van der Waals surface area contributed by atoms with Crippen LogP contribution >= 0.6 is 0 Å². The summed E-state index contributed by atoms with van der Waals surface area (Å²) in [5.74, 6) is -1.07. The predicted molar refractivity (Wildman–Crippen MR) is 150 cm³/mol. The SMILES string of the molecule is CO[C@H]1O[C@H](CNC(=O)CN(C(C)=O)C2CCCCCCCCCCC2)[C@@H](OS(=O)(=O)O)[C@H](OS(=O)(=O)O)[C@@H]1OS(=O)(=O)O. The summed E-state index contributed by atoms with van der Waals surface area (Å²) in [5.41, 5.74) is 0. The van der Waals surface area contributed by atoms with E-state index in [1.165, 1.54) is 18.2 Å². The summed E-state index contributed by atoms with van der Waals surface area (Å²) in [7, 11) is -15.4. The molecule has 2 aliphatic rings. The Labute approximate surface area is 257 Å². The first-order chi connectivity index (χ1) is 20.4. The molecule has 0 radical (unpaired) electrons. The maximum atomic E-state index is 13.0. The molecule has 258 valence electrons. The van der Waals surface area contributed by atoms with Crippen LogP contribution in [0.5, 0.6) is 0 Å². The molecule has 1 saturated heterocycles. The van der Waals surface area contributed by atoms with Crippen LogP contribution in [0.2, 0.25) is 0 Å². The van der Waals surface area contributed by atoms with Gasteiger partial charge in [-0.25, -0.2) is 12.5 Å². The third-order valence-corrected chi connectivity index (χ3v) is 8.65.